The number of pyridine rings is 1. The number of rotatable bonds is 8. The maximum Gasteiger partial charge on any atom is 0.254 e. The second-order valence-electron chi connectivity index (χ2n) is 5.15. The molecule has 0 fully saturated rings. The molecule has 24 heavy (non-hydrogen) atoms. The molecule has 0 unspecified atom stereocenters. The van der Waals surface area contributed by atoms with Gasteiger partial charge in [-0.05, 0) is 24.1 Å². The van der Waals surface area contributed by atoms with Crippen molar-refractivity contribution < 1.29 is 9.47 Å². The molecule has 8 heteroatoms. The summed E-state index contributed by atoms with van der Waals surface area (Å²) in [4.78, 5) is 20.1. The molecule has 0 saturated carbocycles. The van der Waals surface area contributed by atoms with Crippen LogP contribution in [0, 0.1) is 0 Å². The van der Waals surface area contributed by atoms with E-state index in [1.54, 1.807) is 12.3 Å². The van der Waals surface area contributed by atoms with Gasteiger partial charge in [0.15, 0.2) is 0 Å². The number of methoxy groups -OCH3 is 1. The molecule has 2 aromatic heterocycles. The van der Waals surface area contributed by atoms with Crippen molar-refractivity contribution in [1.29, 1.82) is 0 Å². The quantitative estimate of drug-likeness (QED) is 0.524. The lowest BCUT2D eigenvalue weighted by molar-refractivity contribution is 0.305. The summed E-state index contributed by atoms with van der Waals surface area (Å²) in [7, 11) is 1.44. The highest BCUT2D eigenvalue weighted by molar-refractivity contribution is 6.33. The van der Waals surface area contributed by atoms with Crippen LogP contribution in [-0.4, -0.2) is 28.3 Å². The number of aromatic nitrogens is 3. The van der Waals surface area contributed by atoms with Crippen LogP contribution in [0.25, 0.3) is 0 Å². The maximum atomic E-state index is 12.2. The molecular weight excluding hydrogens is 353 g/mol. The van der Waals surface area contributed by atoms with Gasteiger partial charge in [-0.25, -0.2) is 4.98 Å². The largest absolute Gasteiger partial charge is 0.493 e. The number of nitrogens with zero attached hydrogens (tertiary/aromatic N) is 3. The third-order valence-electron chi connectivity index (χ3n) is 3.36. The van der Waals surface area contributed by atoms with Gasteiger partial charge >= 0.3 is 0 Å². The standard InChI is InChI=1S/C16H19Cl2N3O3/c1-3-4-5-8-24-11-6-7-21(13(22)9-11)10-12-14(17)15(23-2)20-16(18)19-12/h6-7,9H,3-5,8,10H2,1-2H3. The highest BCUT2D eigenvalue weighted by Gasteiger charge is 2.13. The van der Waals surface area contributed by atoms with Crippen molar-refractivity contribution in [1.82, 2.24) is 14.5 Å². The van der Waals surface area contributed by atoms with Crippen molar-refractivity contribution in [2.45, 2.75) is 32.7 Å². The fourth-order valence-electron chi connectivity index (χ4n) is 2.10. The molecule has 0 aliphatic carbocycles. The molecule has 0 N–H and O–H groups in total. The average Bonchev–Trinajstić information content (AvgIpc) is 2.56. The van der Waals surface area contributed by atoms with E-state index in [9.17, 15) is 4.79 Å². The van der Waals surface area contributed by atoms with Gasteiger partial charge in [-0.2, -0.15) is 4.98 Å². The smallest absolute Gasteiger partial charge is 0.254 e. The summed E-state index contributed by atoms with van der Waals surface area (Å²) in [6, 6.07) is 3.18. The minimum Gasteiger partial charge on any atom is -0.493 e. The molecule has 0 aromatic carbocycles. The fourth-order valence-corrected chi connectivity index (χ4v) is 2.50. The average molecular weight is 372 g/mol. The molecule has 6 nitrogen and oxygen atoms in total. The van der Waals surface area contributed by atoms with E-state index in [2.05, 4.69) is 16.9 Å². The Morgan fingerprint density at radius 3 is 2.71 bits per heavy atom. The molecule has 0 aliphatic rings. The van der Waals surface area contributed by atoms with E-state index < -0.39 is 0 Å². The zero-order valence-corrected chi connectivity index (χ0v) is 15.1. The summed E-state index contributed by atoms with van der Waals surface area (Å²) in [6.45, 7) is 2.88. The highest BCUT2D eigenvalue weighted by Crippen LogP contribution is 2.26. The van der Waals surface area contributed by atoms with Crippen molar-refractivity contribution in [2.75, 3.05) is 13.7 Å². The van der Waals surface area contributed by atoms with Crippen molar-refractivity contribution in [3.8, 4) is 11.6 Å². The van der Waals surface area contributed by atoms with Crippen LogP contribution in [0.1, 0.15) is 31.9 Å². The minimum absolute atomic E-state index is 0.00942. The van der Waals surface area contributed by atoms with Gasteiger partial charge in [0.1, 0.15) is 10.8 Å². The predicted molar refractivity (Wildman–Crippen MR) is 93.4 cm³/mol. The molecule has 0 atom stereocenters. The Kier molecular flexibility index (Phi) is 6.87. The second-order valence-corrected chi connectivity index (χ2v) is 5.86. The fraction of sp³-hybridized carbons (Fsp3) is 0.438. The Hall–Kier alpha value is -1.79. The lowest BCUT2D eigenvalue weighted by Gasteiger charge is -2.11. The zero-order chi connectivity index (χ0) is 17.5. The Morgan fingerprint density at radius 2 is 2.04 bits per heavy atom. The summed E-state index contributed by atoms with van der Waals surface area (Å²) in [5, 5.41) is 0.240. The first-order valence-corrected chi connectivity index (χ1v) is 8.40. The Morgan fingerprint density at radius 1 is 1.25 bits per heavy atom. The number of ether oxygens (including phenoxy) is 2. The van der Waals surface area contributed by atoms with Crippen molar-refractivity contribution in [3.63, 3.8) is 0 Å². The molecule has 0 amide bonds. The summed E-state index contributed by atoms with van der Waals surface area (Å²) in [6.07, 6.45) is 4.83. The Bertz CT molecular complexity index is 750. The molecule has 130 valence electrons. The van der Waals surface area contributed by atoms with Gasteiger partial charge in [0.2, 0.25) is 11.2 Å². The highest BCUT2D eigenvalue weighted by atomic mass is 35.5. The first-order chi connectivity index (χ1) is 11.5. The number of unbranched alkanes of at least 4 members (excludes halogenated alkanes) is 2. The third-order valence-corrected chi connectivity index (χ3v) is 3.91. The molecule has 2 rings (SSSR count). The van der Waals surface area contributed by atoms with Crippen LogP contribution in [0.4, 0.5) is 0 Å². The van der Waals surface area contributed by atoms with Crippen LogP contribution in [0.3, 0.4) is 0 Å². The molecule has 0 saturated heterocycles. The van der Waals surface area contributed by atoms with Crippen LogP contribution in [-0.2, 0) is 6.54 Å². The van der Waals surface area contributed by atoms with Gasteiger partial charge < -0.3 is 14.0 Å². The molecule has 0 spiro atoms. The SMILES string of the molecule is CCCCCOc1ccn(Cc2nc(Cl)nc(OC)c2Cl)c(=O)c1. The maximum absolute atomic E-state index is 12.2. The molecular formula is C16H19Cl2N3O3. The van der Waals surface area contributed by atoms with E-state index in [-0.39, 0.29) is 28.3 Å². The van der Waals surface area contributed by atoms with E-state index in [1.807, 2.05) is 0 Å². The van der Waals surface area contributed by atoms with E-state index in [4.69, 9.17) is 32.7 Å². The second kappa shape index (κ2) is 8.89. The van der Waals surface area contributed by atoms with Crippen LogP contribution in [0.2, 0.25) is 10.3 Å². The van der Waals surface area contributed by atoms with Crippen LogP contribution in [0.15, 0.2) is 23.1 Å². The summed E-state index contributed by atoms with van der Waals surface area (Å²) < 4.78 is 12.1. The van der Waals surface area contributed by atoms with Crippen LogP contribution in [0.5, 0.6) is 11.6 Å². The van der Waals surface area contributed by atoms with E-state index in [1.165, 1.54) is 17.7 Å². The van der Waals surface area contributed by atoms with E-state index in [0.29, 0.717) is 18.1 Å². The molecule has 0 aliphatic heterocycles. The summed E-state index contributed by atoms with van der Waals surface area (Å²) in [5.41, 5.74) is 0.194. The predicted octanol–water partition coefficient (Wildman–Crippen LogP) is 3.57. The van der Waals surface area contributed by atoms with Crippen molar-refractivity contribution in [2.24, 2.45) is 0 Å². The first kappa shape index (κ1) is 18.5. The normalized spacial score (nSPS) is 10.7. The lowest BCUT2D eigenvalue weighted by atomic mass is 10.3. The van der Waals surface area contributed by atoms with Gasteiger partial charge in [0, 0.05) is 12.3 Å². The topological polar surface area (TPSA) is 66.2 Å². The van der Waals surface area contributed by atoms with Gasteiger partial charge in [-0.15, -0.1) is 0 Å². The monoisotopic (exact) mass is 371 g/mol. The minimum atomic E-state index is -0.215. The molecule has 0 bridgehead atoms. The lowest BCUT2D eigenvalue weighted by Crippen LogP contribution is -2.20. The Labute approximate surface area is 150 Å². The molecule has 0 radical (unpaired) electrons. The van der Waals surface area contributed by atoms with Crippen LogP contribution >= 0.6 is 23.2 Å². The number of halogens is 2. The first-order valence-electron chi connectivity index (χ1n) is 7.64. The van der Waals surface area contributed by atoms with E-state index in [0.717, 1.165) is 19.3 Å². The van der Waals surface area contributed by atoms with E-state index >= 15 is 0 Å². The number of hydrogen-bond acceptors (Lipinski definition) is 5. The third kappa shape index (κ3) is 4.85. The summed E-state index contributed by atoms with van der Waals surface area (Å²) in [5.74, 6) is 0.729. The molecule has 2 aromatic rings. The molecule has 2 heterocycles. The zero-order valence-electron chi connectivity index (χ0n) is 13.6. The number of hydrogen-bond donors (Lipinski definition) is 0. The van der Waals surface area contributed by atoms with Crippen LogP contribution < -0.4 is 15.0 Å². The van der Waals surface area contributed by atoms with Gasteiger partial charge in [0.25, 0.3) is 5.56 Å². The summed E-state index contributed by atoms with van der Waals surface area (Å²) >= 11 is 12.0. The van der Waals surface area contributed by atoms with Crippen molar-refractivity contribution >= 4 is 23.2 Å². The Balaban J connectivity index is 2.14. The van der Waals surface area contributed by atoms with Gasteiger partial charge in [-0.1, -0.05) is 31.4 Å². The van der Waals surface area contributed by atoms with Gasteiger partial charge in [0.05, 0.1) is 26.0 Å². The van der Waals surface area contributed by atoms with Crippen molar-refractivity contribution in [3.05, 3.63) is 44.7 Å². The van der Waals surface area contributed by atoms with Gasteiger partial charge in [-0.3, -0.25) is 4.79 Å².